The molecular weight excluding hydrogens is 380 g/mol. The number of pyridine rings is 1. The van der Waals surface area contributed by atoms with Gasteiger partial charge in [0.25, 0.3) is 5.91 Å². The van der Waals surface area contributed by atoms with E-state index >= 15 is 0 Å². The minimum absolute atomic E-state index is 0.122. The van der Waals surface area contributed by atoms with Crippen molar-refractivity contribution in [1.82, 2.24) is 10.3 Å². The number of nitrogens with zero attached hydrogens (tertiary/aromatic N) is 1. The standard InChI is InChI=1S/C20H18N2O3S2/c1-26-27-18-7-5-15(14-3-2-8-21-19(14)18)20(23)22-12-13-4-6-16-17(11-13)25-10-9-24-16/h2-8,11H,9-10,12H2,1H3,(H,22,23). The van der Waals surface area contributed by atoms with Gasteiger partial charge in [-0.15, -0.1) is 0 Å². The second-order valence-electron chi connectivity index (χ2n) is 5.92. The topological polar surface area (TPSA) is 60.5 Å². The number of carbonyl (C=O) groups is 1. The number of rotatable bonds is 5. The minimum Gasteiger partial charge on any atom is -0.486 e. The first-order chi connectivity index (χ1) is 13.3. The molecule has 0 atom stereocenters. The Morgan fingerprint density at radius 2 is 2.00 bits per heavy atom. The molecule has 3 aromatic rings. The van der Waals surface area contributed by atoms with E-state index in [0.29, 0.717) is 25.3 Å². The summed E-state index contributed by atoms with van der Waals surface area (Å²) >= 11 is 0. The highest BCUT2D eigenvalue weighted by atomic mass is 33.1. The van der Waals surface area contributed by atoms with Crippen LogP contribution in [-0.2, 0) is 6.54 Å². The maximum atomic E-state index is 12.8. The summed E-state index contributed by atoms with van der Waals surface area (Å²) in [5, 5.41) is 3.85. The van der Waals surface area contributed by atoms with E-state index in [1.807, 2.05) is 48.7 Å². The zero-order chi connectivity index (χ0) is 18.6. The van der Waals surface area contributed by atoms with E-state index in [2.05, 4.69) is 10.3 Å². The van der Waals surface area contributed by atoms with Gasteiger partial charge in [-0.1, -0.05) is 33.7 Å². The van der Waals surface area contributed by atoms with Crippen molar-refractivity contribution in [2.24, 2.45) is 0 Å². The second kappa shape index (κ2) is 8.10. The van der Waals surface area contributed by atoms with Gasteiger partial charge in [0, 0.05) is 28.6 Å². The van der Waals surface area contributed by atoms with Gasteiger partial charge < -0.3 is 14.8 Å². The van der Waals surface area contributed by atoms with Crippen molar-refractivity contribution in [3.63, 3.8) is 0 Å². The lowest BCUT2D eigenvalue weighted by atomic mass is 10.1. The van der Waals surface area contributed by atoms with Crippen molar-refractivity contribution >= 4 is 38.4 Å². The molecule has 1 aliphatic heterocycles. The molecule has 0 radical (unpaired) electrons. The summed E-state index contributed by atoms with van der Waals surface area (Å²) in [6.07, 6.45) is 3.77. The second-order valence-corrected chi connectivity index (χ2v) is 8.36. The van der Waals surface area contributed by atoms with Gasteiger partial charge in [0.2, 0.25) is 0 Å². The average Bonchev–Trinajstić information content (AvgIpc) is 2.72. The molecular formula is C20H18N2O3S2. The van der Waals surface area contributed by atoms with Crippen LogP contribution in [0.25, 0.3) is 10.9 Å². The summed E-state index contributed by atoms with van der Waals surface area (Å²) in [5.41, 5.74) is 2.44. The van der Waals surface area contributed by atoms with E-state index < -0.39 is 0 Å². The lowest BCUT2D eigenvalue weighted by Gasteiger charge is -2.19. The van der Waals surface area contributed by atoms with Crippen LogP contribution in [0.1, 0.15) is 15.9 Å². The van der Waals surface area contributed by atoms with Crippen LogP contribution in [0.5, 0.6) is 11.5 Å². The minimum atomic E-state index is -0.122. The number of aromatic nitrogens is 1. The first-order valence-corrected chi connectivity index (χ1v) is 11.1. The Bertz CT molecular complexity index is 994. The SMILES string of the molecule is CSSc1ccc(C(=O)NCc2ccc3c(c2)OCCO3)c2cccnc12. The normalized spacial score (nSPS) is 12.8. The van der Waals surface area contributed by atoms with Crippen LogP contribution in [0.3, 0.4) is 0 Å². The zero-order valence-electron chi connectivity index (χ0n) is 14.7. The van der Waals surface area contributed by atoms with Gasteiger partial charge >= 0.3 is 0 Å². The third-order valence-electron chi connectivity index (χ3n) is 4.21. The van der Waals surface area contributed by atoms with Crippen LogP contribution in [0.15, 0.2) is 53.6 Å². The van der Waals surface area contributed by atoms with Crippen molar-refractivity contribution in [1.29, 1.82) is 0 Å². The van der Waals surface area contributed by atoms with Crippen molar-refractivity contribution in [2.45, 2.75) is 11.4 Å². The number of fused-ring (bicyclic) bond motifs is 2. The van der Waals surface area contributed by atoms with Crippen LogP contribution < -0.4 is 14.8 Å². The summed E-state index contributed by atoms with van der Waals surface area (Å²) in [4.78, 5) is 18.3. The maximum absolute atomic E-state index is 12.8. The molecule has 4 rings (SSSR count). The molecule has 1 N–H and O–H groups in total. The third kappa shape index (κ3) is 3.84. The fraction of sp³-hybridized carbons (Fsp3) is 0.200. The number of ether oxygens (including phenoxy) is 2. The Balaban J connectivity index is 1.54. The van der Waals surface area contributed by atoms with E-state index in [9.17, 15) is 4.79 Å². The lowest BCUT2D eigenvalue weighted by molar-refractivity contribution is 0.0952. The summed E-state index contributed by atoms with van der Waals surface area (Å²) in [6.45, 7) is 1.52. The molecule has 0 bridgehead atoms. The smallest absolute Gasteiger partial charge is 0.252 e. The Morgan fingerprint density at radius 1 is 1.15 bits per heavy atom. The summed E-state index contributed by atoms with van der Waals surface area (Å²) in [5.74, 6) is 1.35. The predicted octanol–water partition coefficient (Wildman–Crippen LogP) is 4.31. The molecule has 0 fully saturated rings. The molecule has 5 nitrogen and oxygen atoms in total. The first-order valence-electron chi connectivity index (χ1n) is 8.51. The van der Waals surface area contributed by atoms with Crippen LogP contribution >= 0.6 is 21.6 Å². The summed E-state index contributed by atoms with van der Waals surface area (Å²) < 4.78 is 11.1. The van der Waals surface area contributed by atoms with Crippen molar-refractivity contribution < 1.29 is 14.3 Å². The molecule has 1 amide bonds. The lowest BCUT2D eigenvalue weighted by Crippen LogP contribution is -2.23. The van der Waals surface area contributed by atoms with Crippen LogP contribution in [0.4, 0.5) is 0 Å². The highest BCUT2D eigenvalue weighted by molar-refractivity contribution is 8.76. The van der Waals surface area contributed by atoms with E-state index in [1.54, 1.807) is 27.8 Å². The van der Waals surface area contributed by atoms with Gasteiger partial charge in [-0.3, -0.25) is 9.78 Å². The van der Waals surface area contributed by atoms with Crippen LogP contribution in [0.2, 0.25) is 0 Å². The predicted molar refractivity (Wildman–Crippen MR) is 110 cm³/mol. The fourth-order valence-corrected chi connectivity index (χ4v) is 4.46. The first kappa shape index (κ1) is 18.0. The van der Waals surface area contributed by atoms with Crippen molar-refractivity contribution in [3.8, 4) is 11.5 Å². The number of hydrogen-bond donors (Lipinski definition) is 1. The molecule has 1 aromatic heterocycles. The molecule has 138 valence electrons. The molecule has 7 heteroatoms. The van der Waals surface area contributed by atoms with Crippen LogP contribution in [-0.4, -0.2) is 30.4 Å². The molecule has 0 saturated heterocycles. The monoisotopic (exact) mass is 398 g/mol. The molecule has 0 aliphatic carbocycles. The molecule has 0 saturated carbocycles. The Kier molecular flexibility index (Phi) is 5.40. The van der Waals surface area contributed by atoms with Crippen LogP contribution in [0, 0.1) is 0 Å². The van der Waals surface area contributed by atoms with Crippen molar-refractivity contribution in [3.05, 3.63) is 59.8 Å². The molecule has 2 aromatic carbocycles. The molecule has 1 aliphatic rings. The van der Waals surface area contributed by atoms with E-state index in [-0.39, 0.29) is 5.91 Å². The Hall–Kier alpha value is -2.38. The molecule has 2 heterocycles. The Morgan fingerprint density at radius 3 is 2.85 bits per heavy atom. The van der Waals surface area contributed by atoms with Gasteiger partial charge in [0.1, 0.15) is 13.2 Å². The molecule has 0 unspecified atom stereocenters. The quantitative estimate of drug-likeness (QED) is 0.647. The van der Waals surface area contributed by atoms with Crippen molar-refractivity contribution in [2.75, 3.05) is 19.5 Å². The average molecular weight is 399 g/mol. The summed E-state index contributed by atoms with van der Waals surface area (Å²) in [7, 11) is 3.30. The Labute approximate surface area is 165 Å². The number of amides is 1. The third-order valence-corrected chi connectivity index (χ3v) is 5.92. The van der Waals surface area contributed by atoms with E-state index in [4.69, 9.17) is 9.47 Å². The number of benzene rings is 2. The van der Waals surface area contributed by atoms with Gasteiger partial charge in [0.05, 0.1) is 5.52 Å². The number of carbonyl (C=O) groups excluding carboxylic acids is 1. The number of nitrogens with one attached hydrogen (secondary N) is 1. The van der Waals surface area contributed by atoms with Gasteiger partial charge in [0.15, 0.2) is 11.5 Å². The highest BCUT2D eigenvalue weighted by Gasteiger charge is 2.15. The molecule has 0 spiro atoms. The summed E-state index contributed by atoms with van der Waals surface area (Å²) in [6, 6.07) is 13.3. The van der Waals surface area contributed by atoms with Gasteiger partial charge in [-0.2, -0.15) is 0 Å². The van der Waals surface area contributed by atoms with Gasteiger partial charge in [-0.25, -0.2) is 0 Å². The molecule has 27 heavy (non-hydrogen) atoms. The maximum Gasteiger partial charge on any atom is 0.252 e. The largest absolute Gasteiger partial charge is 0.486 e. The van der Waals surface area contributed by atoms with E-state index in [0.717, 1.165) is 32.9 Å². The van der Waals surface area contributed by atoms with E-state index in [1.165, 1.54) is 0 Å². The number of hydrogen-bond acceptors (Lipinski definition) is 6. The highest BCUT2D eigenvalue weighted by Crippen LogP contribution is 2.35. The van der Waals surface area contributed by atoms with Gasteiger partial charge in [-0.05, 0) is 42.2 Å². The fourth-order valence-electron chi connectivity index (χ4n) is 2.98. The zero-order valence-corrected chi connectivity index (χ0v) is 16.4.